The van der Waals surface area contributed by atoms with Crippen molar-refractivity contribution < 1.29 is 70.0 Å². The van der Waals surface area contributed by atoms with E-state index in [0.717, 1.165) is 44.9 Å². The third-order valence-corrected chi connectivity index (χ3v) is 17.3. The second kappa shape index (κ2) is 14.3. The second-order valence-corrected chi connectivity index (χ2v) is 20.7. The van der Waals surface area contributed by atoms with E-state index in [1.165, 1.54) is 13.8 Å². The molecule has 0 unspecified atom stereocenters. The molecule has 7 aliphatic rings. The van der Waals surface area contributed by atoms with E-state index in [9.17, 15) is 51.1 Å². The molecule has 0 radical (unpaired) electrons. The number of aliphatic hydroxyl groups excluding tert-OH is 9. The summed E-state index contributed by atoms with van der Waals surface area (Å²) in [6.45, 7) is 13.5. The minimum absolute atomic E-state index is 0.0933. The summed E-state index contributed by atoms with van der Waals surface area (Å²) in [5.74, 6) is 0.328. The SMILES string of the molecule is C[C@H](C[C@@H](O)[C@H](O)C(C)(C)O)[C@H]1[C@@H](O[C@@H]2O[C@H](CO)[C@@H](O)[C@H](O)[C@H]2O)C[C@@]2(C)[C@@H]3CC[C@H]4C(C)(C)[C@@H](O[C@@H]5OC[C@@H](O)[C@H](O)[C@H]5O)CC[C@@]45C[C@@]35CC[C@]12C. The number of fused-ring (bicyclic) bond motifs is 2. The molecule has 14 nitrogen and oxygen atoms in total. The van der Waals surface area contributed by atoms with Crippen LogP contribution < -0.4 is 0 Å². The highest BCUT2D eigenvalue weighted by Gasteiger charge is 2.83. The van der Waals surface area contributed by atoms with E-state index in [-0.39, 0.29) is 58.0 Å². The molecule has 2 saturated heterocycles. The van der Waals surface area contributed by atoms with Gasteiger partial charge in [-0.2, -0.15) is 0 Å². The van der Waals surface area contributed by atoms with Crippen LogP contribution in [0.1, 0.15) is 106 Å². The molecule has 7 rings (SSSR count). The first kappa shape index (κ1) is 42.6. The summed E-state index contributed by atoms with van der Waals surface area (Å²) < 4.78 is 24.8. The monoisotopic (exact) mass is 786 g/mol. The van der Waals surface area contributed by atoms with Gasteiger partial charge in [-0.05, 0) is 122 Å². The molecule has 0 aromatic heterocycles. The predicted molar refractivity (Wildman–Crippen MR) is 196 cm³/mol. The zero-order valence-electron chi connectivity index (χ0n) is 33.7. The lowest BCUT2D eigenvalue weighted by Crippen LogP contribution is -2.60. The Morgan fingerprint density at radius 1 is 0.764 bits per heavy atom. The topological polar surface area (TPSA) is 239 Å². The summed E-state index contributed by atoms with van der Waals surface area (Å²) in [6.07, 6.45) is -7.65. The van der Waals surface area contributed by atoms with Crippen LogP contribution in [0.5, 0.6) is 0 Å². The number of hydrogen-bond acceptors (Lipinski definition) is 14. The molecule has 0 aromatic rings. The average molecular weight is 787 g/mol. The molecule has 14 heteroatoms. The molecular weight excluding hydrogens is 716 g/mol. The molecule has 0 aromatic carbocycles. The molecule has 7 fully saturated rings. The van der Waals surface area contributed by atoms with E-state index in [4.69, 9.17) is 18.9 Å². The van der Waals surface area contributed by atoms with E-state index in [0.29, 0.717) is 18.3 Å². The van der Waals surface area contributed by atoms with Crippen LogP contribution in [-0.4, -0.2) is 150 Å². The molecule has 2 heterocycles. The van der Waals surface area contributed by atoms with Gasteiger partial charge in [0, 0.05) is 0 Å². The van der Waals surface area contributed by atoms with Crippen LogP contribution in [0.25, 0.3) is 0 Å². The van der Waals surface area contributed by atoms with Crippen LogP contribution in [-0.2, 0) is 18.9 Å². The zero-order chi connectivity index (χ0) is 40.4. The predicted octanol–water partition coefficient (Wildman–Crippen LogP) is 0.564. The van der Waals surface area contributed by atoms with Gasteiger partial charge in [0.25, 0.3) is 0 Å². The van der Waals surface area contributed by atoms with Gasteiger partial charge < -0.3 is 70.0 Å². The lowest BCUT2D eigenvalue weighted by Gasteiger charge is -2.63. The number of aliphatic hydroxyl groups is 10. The second-order valence-electron chi connectivity index (χ2n) is 20.7. The Bertz CT molecular complexity index is 1390. The maximum Gasteiger partial charge on any atom is 0.186 e. The third kappa shape index (κ3) is 6.33. The highest BCUT2D eigenvalue weighted by atomic mass is 16.7. The van der Waals surface area contributed by atoms with Gasteiger partial charge in [0.2, 0.25) is 0 Å². The van der Waals surface area contributed by atoms with Crippen molar-refractivity contribution in [1.82, 2.24) is 0 Å². The summed E-state index contributed by atoms with van der Waals surface area (Å²) in [7, 11) is 0. The van der Waals surface area contributed by atoms with E-state index < -0.39 is 85.8 Å². The Morgan fingerprint density at radius 3 is 2.05 bits per heavy atom. The van der Waals surface area contributed by atoms with Crippen molar-refractivity contribution in [3.8, 4) is 0 Å². The van der Waals surface area contributed by atoms with E-state index in [1.807, 2.05) is 6.92 Å². The summed E-state index contributed by atoms with van der Waals surface area (Å²) >= 11 is 0. The first-order chi connectivity index (χ1) is 25.5. The number of hydrogen-bond donors (Lipinski definition) is 10. The Balaban J connectivity index is 1.16. The number of ether oxygens (including phenoxy) is 4. The van der Waals surface area contributed by atoms with Gasteiger partial charge in [0.05, 0.1) is 37.1 Å². The van der Waals surface area contributed by atoms with Crippen molar-refractivity contribution in [3.05, 3.63) is 0 Å². The summed E-state index contributed by atoms with van der Waals surface area (Å²) in [6, 6.07) is 0. The van der Waals surface area contributed by atoms with Crippen LogP contribution in [0.15, 0.2) is 0 Å². The first-order valence-corrected chi connectivity index (χ1v) is 20.9. The highest BCUT2D eigenvalue weighted by Crippen LogP contribution is 2.89. The largest absolute Gasteiger partial charge is 0.394 e. The van der Waals surface area contributed by atoms with Crippen molar-refractivity contribution in [2.75, 3.05) is 13.2 Å². The maximum absolute atomic E-state index is 11.2. The van der Waals surface area contributed by atoms with Crippen molar-refractivity contribution in [2.45, 2.75) is 192 Å². The van der Waals surface area contributed by atoms with Crippen molar-refractivity contribution in [2.24, 2.45) is 50.7 Å². The van der Waals surface area contributed by atoms with Gasteiger partial charge in [-0.1, -0.05) is 34.6 Å². The summed E-state index contributed by atoms with van der Waals surface area (Å²) in [5, 5.41) is 106. The van der Waals surface area contributed by atoms with Crippen LogP contribution in [0.4, 0.5) is 0 Å². The van der Waals surface area contributed by atoms with E-state index in [2.05, 4.69) is 27.7 Å². The minimum Gasteiger partial charge on any atom is -0.394 e. The van der Waals surface area contributed by atoms with Gasteiger partial charge in [-0.25, -0.2) is 0 Å². The molecule has 10 N–H and O–H groups in total. The minimum atomic E-state index is -1.58. The molecule has 2 spiro atoms. The fraction of sp³-hybridized carbons (Fsp3) is 1.00. The van der Waals surface area contributed by atoms with E-state index in [1.54, 1.807) is 0 Å². The van der Waals surface area contributed by atoms with Crippen molar-refractivity contribution in [3.63, 3.8) is 0 Å². The fourth-order valence-electron chi connectivity index (χ4n) is 14.3. The van der Waals surface area contributed by atoms with Crippen LogP contribution in [0.2, 0.25) is 0 Å². The number of rotatable bonds is 10. The molecule has 21 atom stereocenters. The zero-order valence-corrected chi connectivity index (χ0v) is 33.7. The van der Waals surface area contributed by atoms with Gasteiger partial charge >= 0.3 is 0 Å². The Kier molecular flexibility index (Phi) is 11.1. The molecule has 318 valence electrons. The Labute approximate surface area is 325 Å². The highest BCUT2D eigenvalue weighted by molar-refractivity contribution is 5.31. The van der Waals surface area contributed by atoms with Gasteiger partial charge in [-0.3, -0.25) is 0 Å². The van der Waals surface area contributed by atoms with Gasteiger partial charge in [0.15, 0.2) is 12.6 Å². The molecule has 55 heavy (non-hydrogen) atoms. The molecule has 0 amide bonds. The third-order valence-electron chi connectivity index (χ3n) is 17.3. The van der Waals surface area contributed by atoms with Crippen molar-refractivity contribution in [1.29, 1.82) is 0 Å². The molecular formula is C41H70O14. The standard InChI is InChI=1S/C41H70O14/c1-19(14-20(43)33(50)37(4,5)51)27-22(53-35-32(49)30(47)29(46)23(16-42)54-35)15-39(7)25-9-8-24-36(2,3)26(55-34-31(48)28(45)21(44)17-52-34)10-11-40(24)18-41(25,40)13-12-38(27,39)6/h19-35,42-51H,8-18H2,1-7H3/t19-,20-,21-,22+,23-,24+,25+,26+,27+,28+,29-,30+,31-,32-,33+,34+,35-,38-,39+,40-,41+/m1/s1. The van der Waals surface area contributed by atoms with Crippen molar-refractivity contribution >= 4 is 0 Å². The van der Waals surface area contributed by atoms with Crippen LogP contribution in [0.3, 0.4) is 0 Å². The molecule has 0 bridgehead atoms. The first-order valence-electron chi connectivity index (χ1n) is 20.9. The normalized spacial score (nSPS) is 53.6. The summed E-state index contributed by atoms with van der Waals surface area (Å²) in [5.41, 5.74) is -2.11. The fourth-order valence-corrected chi connectivity index (χ4v) is 14.3. The average Bonchev–Trinajstić information content (AvgIpc) is 3.72. The molecule has 5 saturated carbocycles. The molecule has 5 aliphatic carbocycles. The molecule has 2 aliphatic heterocycles. The quantitative estimate of drug-likeness (QED) is 0.136. The lowest BCUT2D eigenvalue weighted by atomic mass is 9.41. The summed E-state index contributed by atoms with van der Waals surface area (Å²) in [4.78, 5) is 0. The maximum atomic E-state index is 11.2. The van der Waals surface area contributed by atoms with Gasteiger partial charge in [-0.15, -0.1) is 0 Å². The van der Waals surface area contributed by atoms with Crippen LogP contribution >= 0.6 is 0 Å². The lowest BCUT2D eigenvalue weighted by molar-refractivity contribution is -0.315. The Morgan fingerprint density at radius 2 is 1.40 bits per heavy atom. The van der Waals surface area contributed by atoms with Crippen LogP contribution in [0, 0.1) is 50.7 Å². The van der Waals surface area contributed by atoms with E-state index >= 15 is 0 Å². The Hall–Kier alpha value is -0.560. The van der Waals surface area contributed by atoms with Gasteiger partial charge in [0.1, 0.15) is 48.8 Å². The smallest absolute Gasteiger partial charge is 0.186 e.